The molecule has 1 aliphatic carbocycles. The monoisotopic (exact) mass is 147 g/mol. The van der Waals surface area contributed by atoms with Crippen LogP contribution in [0, 0.1) is 13.8 Å². The highest BCUT2D eigenvalue weighted by Crippen LogP contribution is 1.99. The molecule has 0 aliphatic heterocycles. The Morgan fingerprint density at radius 3 is 2.64 bits per heavy atom. The van der Waals surface area contributed by atoms with Gasteiger partial charge in [0.1, 0.15) is 0 Å². The average Bonchev–Trinajstić information content (AvgIpc) is 2.30. The first-order valence-electron chi connectivity index (χ1n) is 4.14. The van der Waals surface area contributed by atoms with Crippen LogP contribution in [-0.4, -0.2) is 4.98 Å². The van der Waals surface area contributed by atoms with Crippen LogP contribution in [0.4, 0.5) is 0 Å². The molecule has 1 nitrogen and oxygen atoms in total. The molecule has 0 fully saturated rings. The molecule has 0 saturated carbocycles. The number of rotatable bonds is 0. The third kappa shape index (κ3) is 0.917. The van der Waals surface area contributed by atoms with Gasteiger partial charge in [0.05, 0.1) is 0 Å². The van der Waals surface area contributed by atoms with Gasteiger partial charge in [-0.25, -0.2) is 0 Å². The standard InChI is InChI=1S/C10H13N/c1-7-8(2)11-10-6-4-3-5-9(7)10/h5-6,11H,3-4H2,1-2H3. The fourth-order valence-corrected chi connectivity index (χ4v) is 1.65. The van der Waals surface area contributed by atoms with Crippen LogP contribution in [0.5, 0.6) is 0 Å². The molecule has 2 rings (SSSR count). The lowest BCUT2D eigenvalue weighted by atomic mass is 10.1. The predicted octanol–water partition coefficient (Wildman–Crippen LogP) is 0.986. The van der Waals surface area contributed by atoms with Gasteiger partial charge in [0.2, 0.25) is 0 Å². The van der Waals surface area contributed by atoms with Crippen molar-refractivity contribution in [2.75, 3.05) is 0 Å². The second-order valence-electron chi connectivity index (χ2n) is 3.19. The topological polar surface area (TPSA) is 15.8 Å². The molecule has 1 N–H and O–H groups in total. The molecule has 1 heteroatoms. The van der Waals surface area contributed by atoms with Crippen LogP contribution in [0.25, 0.3) is 12.2 Å². The van der Waals surface area contributed by atoms with E-state index in [1.165, 1.54) is 34.7 Å². The number of aryl methyl sites for hydroxylation is 1. The number of H-pyrrole nitrogens is 1. The summed E-state index contributed by atoms with van der Waals surface area (Å²) >= 11 is 0. The number of aromatic nitrogens is 1. The second-order valence-corrected chi connectivity index (χ2v) is 3.19. The Labute approximate surface area is 66.4 Å². The van der Waals surface area contributed by atoms with Crippen molar-refractivity contribution in [3.63, 3.8) is 0 Å². The van der Waals surface area contributed by atoms with Crippen molar-refractivity contribution in [3.8, 4) is 0 Å². The highest BCUT2D eigenvalue weighted by molar-refractivity contribution is 5.40. The summed E-state index contributed by atoms with van der Waals surface area (Å²) in [6, 6.07) is 0. The summed E-state index contributed by atoms with van der Waals surface area (Å²) in [6.45, 7) is 4.32. The molecule has 0 aromatic carbocycles. The first-order valence-corrected chi connectivity index (χ1v) is 4.14. The minimum atomic E-state index is 1.19. The van der Waals surface area contributed by atoms with Crippen LogP contribution < -0.4 is 10.6 Å². The highest BCUT2D eigenvalue weighted by atomic mass is 14.7. The van der Waals surface area contributed by atoms with Crippen LogP contribution in [0.1, 0.15) is 24.1 Å². The Balaban J connectivity index is 2.89. The van der Waals surface area contributed by atoms with Crippen molar-refractivity contribution in [1.82, 2.24) is 4.98 Å². The summed E-state index contributed by atoms with van der Waals surface area (Å²) in [4.78, 5) is 3.38. The maximum absolute atomic E-state index is 3.38. The van der Waals surface area contributed by atoms with E-state index >= 15 is 0 Å². The quantitative estimate of drug-likeness (QED) is 0.563. The average molecular weight is 147 g/mol. The van der Waals surface area contributed by atoms with E-state index in [-0.39, 0.29) is 0 Å². The molecule has 11 heavy (non-hydrogen) atoms. The zero-order valence-corrected chi connectivity index (χ0v) is 7.07. The highest BCUT2D eigenvalue weighted by Gasteiger charge is 2.00. The molecule has 1 heterocycles. The normalized spacial score (nSPS) is 15.1. The summed E-state index contributed by atoms with van der Waals surface area (Å²) in [7, 11) is 0. The van der Waals surface area contributed by atoms with Crippen molar-refractivity contribution in [1.29, 1.82) is 0 Å². The van der Waals surface area contributed by atoms with Crippen LogP contribution in [0.3, 0.4) is 0 Å². The van der Waals surface area contributed by atoms with E-state index in [0.717, 1.165) is 0 Å². The van der Waals surface area contributed by atoms with E-state index in [9.17, 15) is 0 Å². The number of fused-ring (bicyclic) bond motifs is 1. The third-order valence-corrected chi connectivity index (χ3v) is 2.44. The van der Waals surface area contributed by atoms with E-state index < -0.39 is 0 Å². The van der Waals surface area contributed by atoms with Gasteiger partial charge in [0.25, 0.3) is 0 Å². The minimum absolute atomic E-state index is 1.19. The lowest BCUT2D eigenvalue weighted by Gasteiger charge is -1.93. The molecule has 58 valence electrons. The molecule has 0 saturated heterocycles. The molecule has 1 aliphatic rings. The van der Waals surface area contributed by atoms with Crippen molar-refractivity contribution < 1.29 is 0 Å². The maximum Gasteiger partial charge on any atom is 0.0415 e. The van der Waals surface area contributed by atoms with Crippen LogP contribution in [0.15, 0.2) is 0 Å². The van der Waals surface area contributed by atoms with Crippen molar-refractivity contribution in [2.24, 2.45) is 0 Å². The van der Waals surface area contributed by atoms with Crippen LogP contribution >= 0.6 is 0 Å². The lowest BCUT2D eigenvalue weighted by Crippen LogP contribution is -2.25. The second kappa shape index (κ2) is 2.26. The molecular formula is C10H13N. The molecule has 0 bridgehead atoms. The number of hydrogen-bond donors (Lipinski definition) is 1. The van der Waals surface area contributed by atoms with Gasteiger partial charge in [-0.2, -0.15) is 0 Å². The fraction of sp³-hybridized carbons (Fsp3) is 0.400. The van der Waals surface area contributed by atoms with E-state index in [1.54, 1.807) is 0 Å². The third-order valence-electron chi connectivity index (χ3n) is 2.44. The van der Waals surface area contributed by atoms with E-state index in [1.807, 2.05) is 0 Å². The molecule has 0 radical (unpaired) electrons. The first-order chi connectivity index (χ1) is 5.29. The van der Waals surface area contributed by atoms with Crippen molar-refractivity contribution >= 4 is 12.2 Å². The van der Waals surface area contributed by atoms with Gasteiger partial charge < -0.3 is 4.98 Å². The molecule has 0 amide bonds. The van der Waals surface area contributed by atoms with Crippen molar-refractivity contribution in [2.45, 2.75) is 26.7 Å². The summed E-state index contributed by atoms with van der Waals surface area (Å²) in [5, 5.41) is 2.75. The van der Waals surface area contributed by atoms with Gasteiger partial charge in [-0.1, -0.05) is 12.2 Å². The van der Waals surface area contributed by atoms with Gasteiger partial charge in [-0.05, 0) is 37.5 Å². The van der Waals surface area contributed by atoms with E-state index in [2.05, 4.69) is 31.0 Å². The Kier molecular flexibility index (Phi) is 1.38. The van der Waals surface area contributed by atoms with Crippen LogP contribution in [0.2, 0.25) is 0 Å². The van der Waals surface area contributed by atoms with Crippen LogP contribution in [-0.2, 0) is 0 Å². The van der Waals surface area contributed by atoms with E-state index in [0.29, 0.717) is 0 Å². The van der Waals surface area contributed by atoms with Crippen molar-refractivity contribution in [3.05, 3.63) is 21.8 Å². The SMILES string of the molecule is Cc1[nH]c2c(c1C)=CCCC=2. The zero-order chi connectivity index (χ0) is 7.84. The van der Waals surface area contributed by atoms with Gasteiger partial charge in [0.15, 0.2) is 0 Å². The predicted molar refractivity (Wildman–Crippen MR) is 47.7 cm³/mol. The fourth-order valence-electron chi connectivity index (χ4n) is 1.65. The molecule has 0 spiro atoms. The maximum atomic E-state index is 3.38. The summed E-state index contributed by atoms with van der Waals surface area (Å²) < 4.78 is 0. The molecule has 0 unspecified atom stereocenters. The van der Waals surface area contributed by atoms with Gasteiger partial charge >= 0.3 is 0 Å². The largest absolute Gasteiger partial charge is 0.359 e. The smallest absolute Gasteiger partial charge is 0.0415 e. The molecule has 0 atom stereocenters. The Morgan fingerprint density at radius 1 is 1.18 bits per heavy atom. The number of hydrogen-bond acceptors (Lipinski definition) is 0. The van der Waals surface area contributed by atoms with Gasteiger partial charge in [-0.3, -0.25) is 0 Å². The molecular weight excluding hydrogens is 134 g/mol. The van der Waals surface area contributed by atoms with Gasteiger partial charge in [-0.15, -0.1) is 0 Å². The number of nitrogens with one attached hydrogen (secondary N) is 1. The Bertz CT molecular complexity index is 382. The summed E-state index contributed by atoms with van der Waals surface area (Å²) in [6.07, 6.45) is 7.00. The van der Waals surface area contributed by atoms with E-state index in [4.69, 9.17) is 0 Å². The summed E-state index contributed by atoms with van der Waals surface area (Å²) in [5.74, 6) is 0. The Hall–Kier alpha value is -0.980. The zero-order valence-electron chi connectivity index (χ0n) is 7.07. The van der Waals surface area contributed by atoms with Gasteiger partial charge in [0, 0.05) is 11.0 Å². The summed E-state index contributed by atoms with van der Waals surface area (Å²) in [5.41, 5.74) is 2.72. The minimum Gasteiger partial charge on any atom is -0.359 e. The molecule has 1 aromatic heterocycles. The Morgan fingerprint density at radius 2 is 1.91 bits per heavy atom. The number of aromatic amines is 1. The first kappa shape index (κ1) is 6.71. The molecule has 1 aromatic rings. The lowest BCUT2D eigenvalue weighted by molar-refractivity contribution is 1.09.